The average molecular weight is 1370 g/mol. The van der Waals surface area contributed by atoms with Crippen molar-refractivity contribution in [3.05, 3.63) is 0 Å². The first kappa shape index (κ1) is 85.5. The maximum absolute atomic E-state index is 13.2. The van der Waals surface area contributed by atoms with Gasteiger partial charge in [-0.2, -0.15) is 0 Å². The van der Waals surface area contributed by atoms with Crippen LogP contribution < -0.4 is 37.6 Å². The van der Waals surface area contributed by atoms with E-state index in [-0.39, 0.29) is 31.6 Å². The van der Waals surface area contributed by atoms with Gasteiger partial charge >= 0.3 is 29.8 Å². The molecule has 0 heterocycles. The molecule has 0 aliphatic carbocycles. The van der Waals surface area contributed by atoms with Gasteiger partial charge in [0.2, 0.25) is 65.0 Å². The minimum atomic E-state index is -1.01. The lowest BCUT2D eigenvalue weighted by Crippen LogP contribution is -2.46. The summed E-state index contributed by atoms with van der Waals surface area (Å²) in [5.41, 5.74) is 5.19. The number of rotatable bonds is 50. The third-order valence-electron chi connectivity index (χ3n) is 12.9. The van der Waals surface area contributed by atoms with Crippen LogP contribution in [0.2, 0.25) is 0 Å². The van der Waals surface area contributed by atoms with E-state index >= 15 is 0 Å². The first-order valence-electron chi connectivity index (χ1n) is 29.5. The van der Waals surface area contributed by atoms with Crippen LogP contribution in [0.3, 0.4) is 0 Å². The Morgan fingerprint density at radius 1 is 0.250 bits per heavy atom. The maximum atomic E-state index is 13.2. The van der Waals surface area contributed by atoms with Crippen LogP contribution in [-0.4, -0.2) is 301 Å². The van der Waals surface area contributed by atoms with Crippen molar-refractivity contribution in [1.29, 1.82) is 0 Å². The van der Waals surface area contributed by atoms with Crippen molar-refractivity contribution in [2.45, 2.75) is 84.0 Å². The zero-order valence-electron chi connectivity index (χ0n) is 54.3. The van der Waals surface area contributed by atoms with Gasteiger partial charge in [-0.15, -0.1) is 0 Å². The molecule has 0 saturated carbocycles. The normalized spacial score (nSPS) is 10.3. The number of Topliss-reactive ketones (excluding diaryl/α,β-unsaturated/α-hetero) is 6. The lowest BCUT2D eigenvalue weighted by molar-refractivity contribution is -0.148. The van der Waals surface area contributed by atoms with Gasteiger partial charge in [0.1, 0.15) is 32.7 Å². The Bertz CT molecular complexity index is 2860. The molecule has 0 unspecified atom stereocenters. The first-order valence-corrected chi connectivity index (χ1v) is 29.5. The summed E-state index contributed by atoms with van der Waals surface area (Å²) in [6.45, 7) is -10.1. The highest BCUT2D eigenvalue weighted by Crippen LogP contribution is 2.05. The number of esters is 5. The van der Waals surface area contributed by atoms with Crippen molar-refractivity contribution in [3.8, 4) is 0 Å². The summed E-state index contributed by atoms with van der Waals surface area (Å²) in [6.07, 6.45) is -4.30. The Morgan fingerprint density at radius 3 is 0.615 bits per heavy atom. The maximum Gasteiger partial charge on any atom is 0.325 e. The molecule has 8 N–H and O–H groups in total. The molecule has 0 radical (unpaired) electrons. The SMILES string of the molecule is CCCC(=O)CNC(=O)CCC(=O)CN(CC(=O)OC)C(=O)CNC(=O)CCC(=O)CN(CC(=O)OC)C(=O)CNC(=O)CCC(=O)CN(CC(=O)OC)C(=O)CNC(=O)CCC(=O)CN(CC(=O)OC)C(=O)CNC(=O)CCC(=O)CN(CC(=O)OC)C(=O)CNC(=O)CN. The molecule has 534 valence electrons. The number of ether oxygens (including phenoxy) is 5. The monoisotopic (exact) mass is 1370 g/mol. The predicted octanol–water partition coefficient (Wildman–Crippen LogP) is -8.23. The van der Waals surface area contributed by atoms with Crippen LogP contribution in [0.15, 0.2) is 0 Å². The average Bonchev–Trinajstić information content (AvgIpc) is 1.24. The van der Waals surface area contributed by atoms with Crippen LogP contribution >= 0.6 is 0 Å². The first-order chi connectivity index (χ1) is 45.3. The molecule has 0 aliphatic rings. The van der Waals surface area contributed by atoms with E-state index in [0.29, 0.717) is 21.1 Å². The Hall–Kier alpha value is -10.5. The van der Waals surface area contributed by atoms with Crippen LogP contribution in [0.25, 0.3) is 0 Å². The predicted molar refractivity (Wildman–Crippen MR) is 321 cm³/mol. The van der Waals surface area contributed by atoms with Crippen molar-refractivity contribution in [2.24, 2.45) is 5.73 Å². The van der Waals surface area contributed by atoms with E-state index in [0.717, 1.165) is 45.3 Å². The Balaban J connectivity index is 5.38. The molecule has 11 amide bonds. The summed E-state index contributed by atoms with van der Waals surface area (Å²) in [7, 11) is 5.00. The second-order valence-corrected chi connectivity index (χ2v) is 20.5. The topological polar surface area (TPSA) is 536 Å². The Morgan fingerprint density at radius 2 is 0.438 bits per heavy atom. The summed E-state index contributed by atoms with van der Waals surface area (Å²) in [6, 6.07) is 0. The molecular weight excluding hydrogens is 1280 g/mol. The van der Waals surface area contributed by atoms with Gasteiger partial charge < -0.3 is 85.8 Å². The quantitative estimate of drug-likeness (QED) is 0.0220. The molecule has 0 bridgehead atoms. The molecule has 0 spiro atoms. The minimum absolute atomic E-state index is 0.205. The number of carbonyl (C=O) groups is 22. The lowest BCUT2D eigenvalue weighted by Gasteiger charge is -2.22. The molecule has 0 aliphatic heterocycles. The van der Waals surface area contributed by atoms with Crippen LogP contribution in [-0.2, 0) is 129 Å². The zero-order valence-corrected chi connectivity index (χ0v) is 54.3. The highest BCUT2D eigenvalue weighted by Gasteiger charge is 2.28. The summed E-state index contributed by atoms with van der Waals surface area (Å²) in [5.74, 6) is -18.3. The van der Waals surface area contributed by atoms with E-state index in [1.807, 2.05) is 0 Å². The standard InChI is InChI=1S/C57H84N12O27/c1-7-8-36(70)20-59-42(76)14-9-37(71)26-65(31-53(87)92-2)48(82)21-60-43(77)15-10-38(72)27-66(32-54(88)93-3)49(83)22-61-44(78)16-11-39(73)28-67(33-55(89)94-4)50(84)23-62-45(79)17-12-40(74)29-68(34-56(90)95-5)51(85)24-63-46(80)18-13-41(75)30-69(35-57(91)96-6)52(86)25-64-47(81)19-58/h7-35,58H2,1-6H3,(H,59,76)(H,60,77)(H,61,78)(H,62,79)(H,63,80)(H,64,81). The number of nitrogens with zero attached hydrogens (tertiary/aromatic N) is 5. The van der Waals surface area contributed by atoms with Gasteiger partial charge in [-0.05, 0) is 6.42 Å². The molecule has 0 saturated heterocycles. The highest BCUT2D eigenvalue weighted by molar-refractivity contribution is 5.98. The summed E-state index contributed by atoms with van der Waals surface area (Å²) >= 11 is 0. The van der Waals surface area contributed by atoms with E-state index in [4.69, 9.17) is 5.73 Å². The summed E-state index contributed by atoms with van der Waals surface area (Å²) in [4.78, 5) is 279. The van der Waals surface area contributed by atoms with Crippen molar-refractivity contribution in [3.63, 3.8) is 0 Å². The molecule has 39 nitrogen and oxygen atoms in total. The van der Waals surface area contributed by atoms with Gasteiger partial charge in [-0.3, -0.25) is 105 Å². The number of amides is 11. The fourth-order valence-electron chi connectivity index (χ4n) is 7.50. The van der Waals surface area contributed by atoms with Gasteiger partial charge in [0, 0.05) is 70.6 Å². The van der Waals surface area contributed by atoms with E-state index in [1.165, 1.54) is 0 Å². The largest absolute Gasteiger partial charge is 0.468 e. The van der Waals surface area contributed by atoms with E-state index < -0.39 is 280 Å². The van der Waals surface area contributed by atoms with Gasteiger partial charge in [-0.25, -0.2) is 0 Å². The Kier molecular flexibility index (Phi) is 43.0. The number of carbonyl (C=O) groups excluding carboxylic acids is 22. The van der Waals surface area contributed by atoms with Crippen LogP contribution in [0.5, 0.6) is 0 Å². The van der Waals surface area contributed by atoms with Gasteiger partial charge in [0.05, 0.1) is 114 Å². The van der Waals surface area contributed by atoms with E-state index in [9.17, 15) is 105 Å². The molecule has 0 aromatic carbocycles. The number of nitrogens with one attached hydrogen (secondary N) is 6. The molecular formula is C57H84N12O27. The molecule has 0 fully saturated rings. The molecule has 0 aromatic heterocycles. The number of nitrogens with two attached hydrogens (primary N) is 1. The van der Waals surface area contributed by atoms with Crippen molar-refractivity contribution < 1.29 is 129 Å². The third-order valence-corrected chi connectivity index (χ3v) is 12.9. The molecule has 0 aromatic rings. The number of hydrogen-bond acceptors (Lipinski definition) is 28. The second-order valence-electron chi connectivity index (χ2n) is 20.5. The van der Waals surface area contributed by atoms with E-state index in [2.05, 4.69) is 55.6 Å². The van der Waals surface area contributed by atoms with Gasteiger partial charge in [0.15, 0.2) is 34.7 Å². The minimum Gasteiger partial charge on any atom is -0.468 e. The summed E-state index contributed by atoms with van der Waals surface area (Å²) < 4.78 is 22.8. The third kappa shape index (κ3) is 39.8. The molecule has 0 atom stereocenters. The highest BCUT2D eigenvalue weighted by atomic mass is 16.5. The van der Waals surface area contributed by atoms with Crippen molar-refractivity contribution in [2.75, 3.05) is 147 Å². The zero-order chi connectivity index (χ0) is 72.9. The smallest absolute Gasteiger partial charge is 0.325 e. The van der Waals surface area contributed by atoms with Crippen molar-refractivity contribution in [1.82, 2.24) is 56.4 Å². The molecule has 96 heavy (non-hydrogen) atoms. The number of ketones is 6. The number of hydrogen-bond donors (Lipinski definition) is 7. The lowest BCUT2D eigenvalue weighted by atomic mass is 10.2. The number of methoxy groups -OCH3 is 5. The van der Waals surface area contributed by atoms with Crippen LogP contribution in [0, 0.1) is 0 Å². The molecule has 39 heteroatoms. The fourth-order valence-corrected chi connectivity index (χ4v) is 7.50. The molecule has 0 rings (SSSR count). The van der Waals surface area contributed by atoms with Crippen molar-refractivity contribution >= 4 is 130 Å². The van der Waals surface area contributed by atoms with Gasteiger partial charge in [-0.1, -0.05) is 6.92 Å². The second kappa shape index (κ2) is 48.3. The van der Waals surface area contributed by atoms with Crippen LogP contribution in [0.4, 0.5) is 0 Å². The Labute approximate surface area is 550 Å². The van der Waals surface area contributed by atoms with Crippen LogP contribution in [0.1, 0.15) is 84.0 Å². The van der Waals surface area contributed by atoms with E-state index in [1.54, 1.807) is 6.92 Å². The van der Waals surface area contributed by atoms with Gasteiger partial charge in [0.25, 0.3) is 0 Å². The fraction of sp³-hybridized carbons (Fsp3) is 0.614. The summed E-state index contributed by atoms with van der Waals surface area (Å²) in [5, 5.41) is 13.4.